The third-order valence-electron chi connectivity index (χ3n) is 5.70. The Labute approximate surface area is 155 Å². The molecule has 9 nitrogen and oxygen atoms in total. The van der Waals surface area contributed by atoms with Crippen molar-refractivity contribution in [1.82, 2.24) is 34.2 Å². The number of hydrogen-bond acceptors (Lipinski definition) is 5. The van der Waals surface area contributed by atoms with Gasteiger partial charge in [0.15, 0.2) is 0 Å². The average Bonchev–Trinajstić information content (AvgIpc) is 3.39. The number of hydrogen-bond donors (Lipinski definition) is 1. The molecule has 0 saturated carbocycles. The highest BCUT2D eigenvalue weighted by Gasteiger charge is 2.33. The van der Waals surface area contributed by atoms with Crippen LogP contribution in [0.4, 0.5) is 0 Å². The smallest absolute Gasteiger partial charge is 0.276 e. The number of H-pyrrole nitrogens is 1. The molecule has 2 saturated heterocycles. The molecule has 2 fully saturated rings. The fourth-order valence-electron chi connectivity index (χ4n) is 4.21. The second kappa shape index (κ2) is 6.05. The SMILES string of the molecule is Cc1c(C(=O)N2CCN3CCC[C@H]3C2)cnn1-c1nn2cccc2c(=O)[nH]1. The Kier molecular flexibility index (Phi) is 3.64. The van der Waals surface area contributed by atoms with Gasteiger partial charge in [-0.25, -0.2) is 9.20 Å². The van der Waals surface area contributed by atoms with Crippen LogP contribution in [-0.4, -0.2) is 72.3 Å². The molecule has 140 valence electrons. The number of carbonyl (C=O) groups is 1. The molecule has 0 aliphatic carbocycles. The van der Waals surface area contributed by atoms with Gasteiger partial charge in [-0.2, -0.15) is 5.10 Å². The van der Waals surface area contributed by atoms with Crippen molar-refractivity contribution >= 4 is 11.4 Å². The number of nitrogens with zero attached hydrogens (tertiary/aromatic N) is 6. The monoisotopic (exact) mass is 367 g/mol. The molecule has 0 unspecified atom stereocenters. The average molecular weight is 367 g/mol. The zero-order valence-corrected chi connectivity index (χ0v) is 15.1. The van der Waals surface area contributed by atoms with Crippen LogP contribution in [0.2, 0.25) is 0 Å². The van der Waals surface area contributed by atoms with Gasteiger partial charge in [-0.05, 0) is 38.4 Å². The molecule has 9 heteroatoms. The van der Waals surface area contributed by atoms with Crippen LogP contribution in [0.5, 0.6) is 0 Å². The molecule has 2 aliphatic heterocycles. The summed E-state index contributed by atoms with van der Waals surface area (Å²) in [6.45, 7) is 5.41. The Balaban J connectivity index is 1.45. The maximum atomic E-state index is 13.0. The van der Waals surface area contributed by atoms with Gasteiger partial charge in [-0.3, -0.25) is 19.5 Å². The van der Waals surface area contributed by atoms with E-state index in [1.807, 2.05) is 11.8 Å². The molecule has 27 heavy (non-hydrogen) atoms. The van der Waals surface area contributed by atoms with E-state index in [0.29, 0.717) is 28.8 Å². The predicted molar refractivity (Wildman–Crippen MR) is 98.2 cm³/mol. The molecule has 0 aromatic carbocycles. The zero-order chi connectivity index (χ0) is 18.5. The first kappa shape index (κ1) is 16.2. The molecule has 0 bridgehead atoms. The lowest BCUT2D eigenvalue weighted by Crippen LogP contribution is -2.52. The van der Waals surface area contributed by atoms with Crippen LogP contribution in [0.3, 0.4) is 0 Å². The number of rotatable bonds is 2. The van der Waals surface area contributed by atoms with Gasteiger partial charge in [0.2, 0.25) is 5.95 Å². The molecule has 0 radical (unpaired) electrons. The van der Waals surface area contributed by atoms with Crippen LogP contribution >= 0.6 is 0 Å². The highest BCUT2D eigenvalue weighted by Crippen LogP contribution is 2.23. The molecule has 2 aliphatic rings. The van der Waals surface area contributed by atoms with Gasteiger partial charge < -0.3 is 4.90 Å². The van der Waals surface area contributed by atoms with E-state index in [4.69, 9.17) is 0 Å². The standard InChI is InChI=1S/C18H21N7O2/c1-12-14(17(27)23-9-8-22-6-2-4-13(22)11-23)10-19-25(12)18-20-16(26)15-5-3-7-24(15)21-18/h3,5,7,10,13H,2,4,6,8-9,11H2,1H3,(H,20,21,26)/t13-/m0/s1. The van der Waals surface area contributed by atoms with Crippen molar-refractivity contribution < 1.29 is 4.79 Å². The van der Waals surface area contributed by atoms with Gasteiger partial charge in [0.05, 0.1) is 17.5 Å². The molecular weight excluding hydrogens is 346 g/mol. The number of piperazine rings is 1. The summed E-state index contributed by atoms with van der Waals surface area (Å²) >= 11 is 0. The first-order valence-corrected chi connectivity index (χ1v) is 9.28. The van der Waals surface area contributed by atoms with Gasteiger partial charge in [-0.15, -0.1) is 5.10 Å². The Morgan fingerprint density at radius 2 is 2.19 bits per heavy atom. The minimum Gasteiger partial charge on any atom is -0.336 e. The van der Waals surface area contributed by atoms with Gasteiger partial charge in [-0.1, -0.05) is 0 Å². The summed E-state index contributed by atoms with van der Waals surface area (Å²) in [5.41, 5.74) is 1.44. The lowest BCUT2D eigenvalue weighted by atomic mass is 10.1. The number of aromatic nitrogens is 5. The highest BCUT2D eigenvalue weighted by atomic mass is 16.2. The van der Waals surface area contributed by atoms with E-state index in [9.17, 15) is 9.59 Å². The number of nitrogens with one attached hydrogen (secondary N) is 1. The predicted octanol–water partition coefficient (Wildman–Crippen LogP) is 0.437. The second-order valence-electron chi connectivity index (χ2n) is 7.25. The third kappa shape index (κ3) is 2.57. The number of carbonyl (C=O) groups excluding carboxylic acids is 1. The molecule has 1 N–H and O–H groups in total. The minimum atomic E-state index is -0.245. The number of aromatic amines is 1. The molecule has 0 spiro atoms. The Bertz CT molecular complexity index is 1080. The lowest BCUT2D eigenvalue weighted by Gasteiger charge is -2.37. The highest BCUT2D eigenvalue weighted by molar-refractivity contribution is 5.95. The van der Waals surface area contributed by atoms with E-state index >= 15 is 0 Å². The van der Waals surface area contributed by atoms with Crippen LogP contribution < -0.4 is 5.56 Å². The molecule has 1 amide bonds. The fourth-order valence-corrected chi connectivity index (χ4v) is 4.21. The lowest BCUT2D eigenvalue weighted by molar-refractivity contribution is 0.0570. The van der Waals surface area contributed by atoms with Crippen LogP contribution in [0.15, 0.2) is 29.3 Å². The van der Waals surface area contributed by atoms with Crippen molar-refractivity contribution in [1.29, 1.82) is 0 Å². The summed E-state index contributed by atoms with van der Waals surface area (Å²) in [7, 11) is 0. The van der Waals surface area contributed by atoms with Crippen molar-refractivity contribution in [2.45, 2.75) is 25.8 Å². The third-order valence-corrected chi connectivity index (χ3v) is 5.70. The summed E-state index contributed by atoms with van der Waals surface area (Å²) in [6.07, 6.45) is 5.65. The topological polar surface area (TPSA) is 91.5 Å². The summed E-state index contributed by atoms with van der Waals surface area (Å²) in [6, 6.07) is 3.94. The van der Waals surface area contributed by atoms with Gasteiger partial charge in [0.25, 0.3) is 11.5 Å². The summed E-state index contributed by atoms with van der Waals surface area (Å²) in [5.74, 6) is 0.288. The molecule has 5 heterocycles. The number of fused-ring (bicyclic) bond motifs is 2. The van der Waals surface area contributed by atoms with E-state index in [-0.39, 0.29) is 11.5 Å². The van der Waals surface area contributed by atoms with Gasteiger partial charge in [0.1, 0.15) is 5.52 Å². The fraction of sp³-hybridized carbons (Fsp3) is 0.444. The molecule has 3 aromatic rings. The quantitative estimate of drug-likeness (QED) is 0.710. The first-order valence-electron chi connectivity index (χ1n) is 9.28. The van der Waals surface area contributed by atoms with Crippen LogP contribution in [-0.2, 0) is 0 Å². The summed E-state index contributed by atoms with van der Waals surface area (Å²) in [5, 5.41) is 8.70. The Hall–Kier alpha value is -2.94. The van der Waals surface area contributed by atoms with E-state index in [1.165, 1.54) is 15.6 Å². The first-order chi connectivity index (χ1) is 13.1. The van der Waals surface area contributed by atoms with E-state index in [0.717, 1.165) is 32.6 Å². The number of amides is 1. The molecule has 3 aromatic heterocycles. The van der Waals surface area contributed by atoms with Gasteiger partial charge >= 0.3 is 0 Å². The maximum Gasteiger partial charge on any atom is 0.276 e. The van der Waals surface area contributed by atoms with Crippen molar-refractivity contribution in [2.24, 2.45) is 0 Å². The molecule has 1 atom stereocenters. The van der Waals surface area contributed by atoms with Crippen LogP contribution in [0.1, 0.15) is 28.9 Å². The largest absolute Gasteiger partial charge is 0.336 e. The normalized spacial score (nSPS) is 20.3. The Morgan fingerprint density at radius 1 is 1.30 bits per heavy atom. The summed E-state index contributed by atoms with van der Waals surface area (Å²) < 4.78 is 3.02. The van der Waals surface area contributed by atoms with Gasteiger partial charge in [0, 0.05) is 31.9 Å². The summed E-state index contributed by atoms with van der Waals surface area (Å²) in [4.78, 5) is 32.4. The van der Waals surface area contributed by atoms with Crippen molar-refractivity contribution in [3.05, 3.63) is 46.1 Å². The van der Waals surface area contributed by atoms with Crippen molar-refractivity contribution in [3.8, 4) is 5.95 Å². The van der Waals surface area contributed by atoms with Crippen LogP contribution in [0, 0.1) is 6.92 Å². The van der Waals surface area contributed by atoms with E-state index in [1.54, 1.807) is 24.5 Å². The van der Waals surface area contributed by atoms with Crippen molar-refractivity contribution in [2.75, 3.05) is 26.2 Å². The van der Waals surface area contributed by atoms with Crippen molar-refractivity contribution in [3.63, 3.8) is 0 Å². The van der Waals surface area contributed by atoms with E-state index < -0.39 is 0 Å². The molecule has 5 rings (SSSR count). The minimum absolute atomic E-state index is 0.00492. The van der Waals surface area contributed by atoms with E-state index in [2.05, 4.69) is 20.1 Å². The Morgan fingerprint density at radius 3 is 3.07 bits per heavy atom. The van der Waals surface area contributed by atoms with Crippen LogP contribution in [0.25, 0.3) is 11.5 Å². The molecular formula is C18H21N7O2. The zero-order valence-electron chi connectivity index (χ0n) is 15.1. The maximum absolute atomic E-state index is 13.0. The second-order valence-corrected chi connectivity index (χ2v) is 7.25.